The van der Waals surface area contributed by atoms with Crippen molar-refractivity contribution in [2.24, 2.45) is 0 Å². The summed E-state index contributed by atoms with van der Waals surface area (Å²) < 4.78 is 31.9. The summed E-state index contributed by atoms with van der Waals surface area (Å²) in [5.74, 6) is -3.63. The number of carbonyl (C=O) groups is 2. The van der Waals surface area contributed by atoms with Crippen molar-refractivity contribution in [2.75, 3.05) is 19.7 Å². The van der Waals surface area contributed by atoms with Gasteiger partial charge in [0.2, 0.25) is 0 Å². The van der Waals surface area contributed by atoms with E-state index in [9.17, 15) is 18.4 Å². The summed E-state index contributed by atoms with van der Waals surface area (Å²) in [5.41, 5.74) is 1.48. The molecule has 0 unspecified atom stereocenters. The molecule has 0 aromatic heterocycles. The molecule has 0 spiro atoms. The van der Waals surface area contributed by atoms with Crippen LogP contribution in [0.3, 0.4) is 0 Å². The first kappa shape index (κ1) is 17.8. The molecule has 1 heterocycles. The molecule has 0 N–H and O–H groups in total. The molecule has 0 bridgehead atoms. The van der Waals surface area contributed by atoms with E-state index in [0.29, 0.717) is 19.5 Å². The van der Waals surface area contributed by atoms with E-state index in [4.69, 9.17) is 4.74 Å². The summed E-state index contributed by atoms with van der Waals surface area (Å²) in [6, 6.07) is 12.9. The van der Waals surface area contributed by atoms with Crippen LogP contribution < -0.4 is 0 Å². The topological polar surface area (TPSA) is 46.6 Å². The zero-order valence-corrected chi connectivity index (χ0v) is 14.0. The Morgan fingerprint density at radius 3 is 2.31 bits per heavy atom. The third-order valence-corrected chi connectivity index (χ3v) is 4.20. The minimum absolute atomic E-state index is 0.397. The molecule has 134 valence electrons. The number of benzene rings is 2. The van der Waals surface area contributed by atoms with Crippen LogP contribution in [0.15, 0.2) is 54.6 Å². The average Bonchev–Trinajstić information content (AvgIpc) is 2.67. The average molecular weight is 357 g/mol. The van der Waals surface area contributed by atoms with Crippen LogP contribution in [0.25, 0.3) is 5.57 Å². The molecule has 3 rings (SSSR count). The molecule has 1 aliphatic rings. The molecule has 0 radical (unpaired) electrons. The molecule has 26 heavy (non-hydrogen) atoms. The quantitative estimate of drug-likeness (QED) is 0.788. The van der Waals surface area contributed by atoms with E-state index in [1.807, 2.05) is 36.4 Å². The number of esters is 1. The maximum atomic E-state index is 13.5. The van der Waals surface area contributed by atoms with Gasteiger partial charge in [0.1, 0.15) is 17.2 Å². The van der Waals surface area contributed by atoms with Crippen LogP contribution in [-0.4, -0.2) is 36.5 Å². The zero-order chi connectivity index (χ0) is 18.5. The largest absolute Gasteiger partial charge is 0.452 e. The van der Waals surface area contributed by atoms with Gasteiger partial charge in [0.05, 0.1) is 0 Å². The van der Waals surface area contributed by atoms with Crippen molar-refractivity contribution in [3.05, 3.63) is 77.4 Å². The summed E-state index contributed by atoms with van der Waals surface area (Å²) >= 11 is 0. The lowest BCUT2D eigenvalue weighted by molar-refractivity contribution is -0.134. The number of amides is 1. The first-order valence-electron chi connectivity index (χ1n) is 8.19. The van der Waals surface area contributed by atoms with E-state index in [0.717, 1.165) is 29.3 Å². The van der Waals surface area contributed by atoms with Crippen LogP contribution in [-0.2, 0) is 9.53 Å². The van der Waals surface area contributed by atoms with Gasteiger partial charge in [-0.25, -0.2) is 13.6 Å². The second-order valence-corrected chi connectivity index (χ2v) is 5.86. The van der Waals surface area contributed by atoms with Crippen LogP contribution in [0.1, 0.15) is 22.3 Å². The van der Waals surface area contributed by atoms with E-state index in [1.54, 1.807) is 0 Å². The molecule has 1 aliphatic heterocycles. The van der Waals surface area contributed by atoms with Gasteiger partial charge in [-0.2, -0.15) is 0 Å². The molecule has 2 aromatic rings. The molecule has 0 saturated carbocycles. The van der Waals surface area contributed by atoms with Gasteiger partial charge >= 0.3 is 5.97 Å². The molecule has 2 aromatic carbocycles. The predicted octanol–water partition coefficient (Wildman–Crippen LogP) is 3.44. The number of hydrogen-bond donors (Lipinski definition) is 0. The van der Waals surface area contributed by atoms with E-state index in [2.05, 4.69) is 0 Å². The van der Waals surface area contributed by atoms with Crippen LogP contribution in [0.4, 0.5) is 8.78 Å². The van der Waals surface area contributed by atoms with Crippen molar-refractivity contribution < 1.29 is 23.1 Å². The molecular formula is C20H17F2NO3. The highest BCUT2D eigenvalue weighted by atomic mass is 19.1. The summed E-state index contributed by atoms with van der Waals surface area (Å²) in [6.07, 6.45) is 2.64. The van der Waals surface area contributed by atoms with Crippen molar-refractivity contribution in [1.29, 1.82) is 0 Å². The van der Waals surface area contributed by atoms with Crippen LogP contribution in [0, 0.1) is 11.6 Å². The third kappa shape index (κ3) is 3.96. The van der Waals surface area contributed by atoms with E-state index >= 15 is 0 Å². The van der Waals surface area contributed by atoms with Crippen molar-refractivity contribution >= 4 is 17.4 Å². The third-order valence-electron chi connectivity index (χ3n) is 4.20. The SMILES string of the molecule is O=C(OCC(=O)N1CC=C(c2ccccc2)CC1)c1c(F)cccc1F. The van der Waals surface area contributed by atoms with Crippen molar-refractivity contribution in [2.45, 2.75) is 6.42 Å². The summed E-state index contributed by atoms with van der Waals surface area (Å²) in [4.78, 5) is 25.5. The maximum absolute atomic E-state index is 13.5. The van der Waals surface area contributed by atoms with Gasteiger partial charge in [-0.05, 0) is 29.7 Å². The number of halogens is 2. The lowest BCUT2D eigenvalue weighted by Crippen LogP contribution is -2.37. The van der Waals surface area contributed by atoms with E-state index < -0.39 is 35.7 Å². The Bertz CT molecular complexity index is 829. The van der Waals surface area contributed by atoms with Gasteiger partial charge in [0.25, 0.3) is 5.91 Å². The number of hydrogen-bond acceptors (Lipinski definition) is 3. The van der Waals surface area contributed by atoms with Crippen LogP contribution >= 0.6 is 0 Å². The number of ether oxygens (including phenoxy) is 1. The van der Waals surface area contributed by atoms with Crippen molar-refractivity contribution in [1.82, 2.24) is 4.90 Å². The fourth-order valence-corrected chi connectivity index (χ4v) is 2.79. The minimum atomic E-state index is -1.19. The first-order valence-corrected chi connectivity index (χ1v) is 8.19. The monoisotopic (exact) mass is 357 g/mol. The zero-order valence-electron chi connectivity index (χ0n) is 14.0. The molecule has 0 atom stereocenters. The fourth-order valence-electron chi connectivity index (χ4n) is 2.79. The molecule has 0 aliphatic carbocycles. The van der Waals surface area contributed by atoms with Gasteiger partial charge in [0.15, 0.2) is 6.61 Å². The first-order chi connectivity index (χ1) is 12.6. The summed E-state index contributed by atoms with van der Waals surface area (Å²) in [6.45, 7) is 0.334. The van der Waals surface area contributed by atoms with Gasteiger partial charge in [-0.3, -0.25) is 4.79 Å². The van der Waals surface area contributed by atoms with Gasteiger partial charge in [-0.1, -0.05) is 42.5 Å². The Hall–Kier alpha value is -3.02. The highest BCUT2D eigenvalue weighted by Crippen LogP contribution is 2.22. The molecule has 4 nitrogen and oxygen atoms in total. The van der Waals surface area contributed by atoms with Crippen LogP contribution in [0.5, 0.6) is 0 Å². The lowest BCUT2D eigenvalue weighted by Gasteiger charge is -2.26. The fraction of sp³-hybridized carbons (Fsp3) is 0.200. The molecular weight excluding hydrogens is 340 g/mol. The highest BCUT2D eigenvalue weighted by molar-refractivity contribution is 5.92. The van der Waals surface area contributed by atoms with Crippen LogP contribution in [0.2, 0.25) is 0 Å². The molecule has 6 heteroatoms. The smallest absolute Gasteiger partial charge is 0.344 e. The maximum Gasteiger partial charge on any atom is 0.344 e. The Kier molecular flexibility index (Phi) is 5.41. The van der Waals surface area contributed by atoms with Gasteiger partial charge in [-0.15, -0.1) is 0 Å². The van der Waals surface area contributed by atoms with Gasteiger partial charge < -0.3 is 9.64 Å². The minimum Gasteiger partial charge on any atom is -0.452 e. The Balaban J connectivity index is 1.56. The highest BCUT2D eigenvalue weighted by Gasteiger charge is 2.22. The molecule has 0 saturated heterocycles. The van der Waals surface area contributed by atoms with E-state index in [1.165, 1.54) is 4.90 Å². The summed E-state index contributed by atoms with van der Waals surface area (Å²) in [7, 11) is 0. The summed E-state index contributed by atoms with van der Waals surface area (Å²) in [5, 5.41) is 0. The Morgan fingerprint density at radius 1 is 1.00 bits per heavy atom. The normalized spacial score (nSPS) is 13.9. The van der Waals surface area contributed by atoms with Crippen molar-refractivity contribution in [3.63, 3.8) is 0 Å². The number of rotatable bonds is 4. The predicted molar refractivity (Wildman–Crippen MR) is 92.3 cm³/mol. The number of nitrogens with zero attached hydrogens (tertiary/aromatic N) is 1. The standard InChI is InChI=1S/C20H17F2NO3/c21-16-7-4-8-17(22)19(16)20(25)26-13-18(24)23-11-9-15(10-12-23)14-5-2-1-3-6-14/h1-9H,10-13H2. The number of carbonyl (C=O) groups excluding carboxylic acids is 2. The molecule has 0 fully saturated rings. The molecule has 1 amide bonds. The van der Waals surface area contributed by atoms with Crippen molar-refractivity contribution in [3.8, 4) is 0 Å². The Morgan fingerprint density at radius 2 is 1.69 bits per heavy atom. The Labute approximate surface area is 149 Å². The second-order valence-electron chi connectivity index (χ2n) is 5.86. The van der Waals surface area contributed by atoms with E-state index in [-0.39, 0.29) is 0 Å². The second kappa shape index (κ2) is 7.91. The lowest BCUT2D eigenvalue weighted by atomic mass is 10.00. The van der Waals surface area contributed by atoms with Gasteiger partial charge in [0, 0.05) is 13.1 Å².